The number of rotatable bonds is 6. The van der Waals surface area contributed by atoms with E-state index >= 15 is 0 Å². The summed E-state index contributed by atoms with van der Waals surface area (Å²) in [7, 11) is 0. The van der Waals surface area contributed by atoms with Crippen LogP contribution in [-0.4, -0.2) is 25.4 Å². The van der Waals surface area contributed by atoms with Gasteiger partial charge < -0.3 is 5.32 Å². The Bertz CT molecular complexity index is 1390. The highest BCUT2D eigenvalue weighted by Gasteiger charge is 2.14. The topological polar surface area (TPSA) is 120 Å². The van der Waals surface area contributed by atoms with E-state index in [9.17, 15) is 19.7 Å². The first-order chi connectivity index (χ1) is 14.9. The maximum atomic E-state index is 12.8. The van der Waals surface area contributed by atoms with Gasteiger partial charge in [-0.15, -0.1) is 10.2 Å². The number of aryl methyl sites for hydroxylation is 2. The summed E-state index contributed by atoms with van der Waals surface area (Å²) in [4.78, 5) is 35.9. The molecule has 0 radical (unpaired) electrons. The van der Waals surface area contributed by atoms with Crippen LogP contribution >= 0.6 is 11.3 Å². The summed E-state index contributed by atoms with van der Waals surface area (Å²) in [5, 5.41) is 21.8. The molecule has 0 saturated carbocycles. The average Bonchev–Trinajstić information content (AvgIpc) is 3.28. The first-order valence-electron chi connectivity index (χ1n) is 9.40. The maximum absolute atomic E-state index is 12.8. The molecule has 31 heavy (non-hydrogen) atoms. The molecule has 0 aliphatic carbocycles. The average molecular weight is 435 g/mol. The Morgan fingerprint density at radius 3 is 2.74 bits per heavy atom. The van der Waals surface area contributed by atoms with Crippen molar-refractivity contribution in [2.45, 2.75) is 19.8 Å². The number of hydrogen-bond acceptors (Lipinski definition) is 7. The molecule has 4 aromatic rings. The second-order valence-corrected chi connectivity index (χ2v) is 7.93. The highest BCUT2D eigenvalue weighted by atomic mass is 32.1. The van der Waals surface area contributed by atoms with Crippen LogP contribution in [0.15, 0.2) is 53.3 Å². The highest BCUT2D eigenvalue weighted by Crippen LogP contribution is 2.14. The molecule has 1 N–H and O–H groups in total. The minimum atomic E-state index is -0.486. The summed E-state index contributed by atoms with van der Waals surface area (Å²) in [6, 6.07) is 13.5. The van der Waals surface area contributed by atoms with E-state index in [0.29, 0.717) is 26.6 Å². The third kappa shape index (κ3) is 4.48. The number of hydrogen-bond donors (Lipinski definition) is 1. The van der Waals surface area contributed by atoms with E-state index in [0.717, 1.165) is 16.9 Å². The van der Waals surface area contributed by atoms with Gasteiger partial charge in [-0.2, -0.15) is 0 Å². The van der Waals surface area contributed by atoms with Gasteiger partial charge in [0.2, 0.25) is 10.9 Å². The number of anilines is 1. The number of nitrogens with one attached hydrogen (secondary N) is 1. The molecule has 0 unspecified atom stereocenters. The Morgan fingerprint density at radius 1 is 1.23 bits per heavy atom. The Kier molecular flexibility index (Phi) is 5.54. The van der Waals surface area contributed by atoms with E-state index in [-0.39, 0.29) is 30.0 Å². The molecule has 0 saturated heterocycles. The number of nitro groups is 1. The van der Waals surface area contributed by atoms with Crippen molar-refractivity contribution in [3.8, 4) is 0 Å². The van der Waals surface area contributed by atoms with Crippen LogP contribution in [0.3, 0.4) is 0 Å². The summed E-state index contributed by atoms with van der Waals surface area (Å²) in [5.41, 5.74) is 1.98. The van der Waals surface area contributed by atoms with E-state index in [4.69, 9.17) is 0 Å². The molecule has 0 bridgehead atoms. The van der Waals surface area contributed by atoms with Crippen LogP contribution in [0, 0.1) is 17.0 Å². The number of benzene rings is 2. The van der Waals surface area contributed by atoms with Crippen LogP contribution in [0.2, 0.25) is 0 Å². The van der Waals surface area contributed by atoms with Crippen molar-refractivity contribution in [2.24, 2.45) is 0 Å². The standard InChI is InChI=1S/C21H17N5O4S/c1-13-5-7-15(8-6-13)22-19(27)10-9-18-23-24-21-25(18)20(28)17(31-21)12-14-3-2-4-16(11-14)26(29)30/h2-8,11-12H,9-10H2,1H3,(H,22,27)/b17-12+. The van der Waals surface area contributed by atoms with E-state index < -0.39 is 4.92 Å². The molecule has 0 atom stereocenters. The van der Waals surface area contributed by atoms with Gasteiger partial charge in [-0.3, -0.25) is 19.7 Å². The largest absolute Gasteiger partial charge is 0.326 e. The van der Waals surface area contributed by atoms with Gasteiger partial charge in [0.15, 0.2) is 0 Å². The number of carbonyl (C=O) groups is 1. The normalized spacial score (nSPS) is 11.7. The molecule has 4 rings (SSSR count). The van der Waals surface area contributed by atoms with Gasteiger partial charge in [0.05, 0.1) is 9.46 Å². The Morgan fingerprint density at radius 2 is 2.00 bits per heavy atom. The summed E-state index contributed by atoms with van der Waals surface area (Å²) in [6.07, 6.45) is 1.98. The molecule has 0 aliphatic heterocycles. The van der Waals surface area contributed by atoms with Crippen LogP contribution in [0.25, 0.3) is 11.0 Å². The van der Waals surface area contributed by atoms with Crippen LogP contribution in [0.4, 0.5) is 11.4 Å². The molecule has 0 spiro atoms. The zero-order valence-corrected chi connectivity index (χ0v) is 17.3. The molecule has 156 valence electrons. The van der Waals surface area contributed by atoms with Gasteiger partial charge in [0.1, 0.15) is 5.82 Å². The predicted octanol–water partition coefficient (Wildman–Crippen LogP) is 2.49. The molecule has 0 aliphatic rings. The smallest absolute Gasteiger partial charge is 0.275 e. The van der Waals surface area contributed by atoms with Gasteiger partial charge in [0, 0.05) is 30.7 Å². The van der Waals surface area contributed by atoms with E-state index in [1.807, 2.05) is 31.2 Å². The lowest BCUT2D eigenvalue weighted by atomic mass is 10.2. The molecule has 2 aromatic carbocycles. The molecule has 0 fully saturated rings. The SMILES string of the molecule is Cc1ccc(NC(=O)CCc2nnc3s/c(=C/c4cccc([N+](=O)[O-])c4)c(=O)n23)cc1. The second-order valence-electron chi connectivity index (χ2n) is 6.92. The molecular formula is C21H17N5O4S. The molecule has 2 heterocycles. The summed E-state index contributed by atoms with van der Waals surface area (Å²) in [5.74, 6) is 0.209. The van der Waals surface area contributed by atoms with Crippen molar-refractivity contribution in [3.63, 3.8) is 0 Å². The van der Waals surface area contributed by atoms with Crippen LogP contribution < -0.4 is 15.4 Å². The third-order valence-electron chi connectivity index (χ3n) is 4.61. The quantitative estimate of drug-likeness (QED) is 0.367. The number of nitrogens with zero attached hydrogens (tertiary/aromatic N) is 4. The van der Waals surface area contributed by atoms with Crippen LogP contribution in [0.1, 0.15) is 23.4 Å². The molecular weight excluding hydrogens is 418 g/mol. The molecule has 1 amide bonds. The lowest BCUT2D eigenvalue weighted by molar-refractivity contribution is -0.384. The highest BCUT2D eigenvalue weighted by molar-refractivity contribution is 7.15. The second kappa shape index (κ2) is 8.44. The number of fused-ring (bicyclic) bond motifs is 1. The molecule has 2 aromatic heterocycles. The molecule has 9 nitrogen and oxygen atoms in total. The first kappa shape index (κ1) is 20.4. The van der Waals surface area contributed by atoms with Crippen molar-refractivity contribution in [3.05, 3.63) is 90.5 Å². The zero-order valence-electron chi connectivity index (χ0n) is 16.4. The number of amides is 1. The summed E-state index contributed by atoms with van der Waals surface area (Å²) < 4.78 is 1.77. The fraction of sp³-hybridized carbons (Fsp3) is 0.143. The monoisotopic (exact) mass is 435 g/mol. The van der Waals surface area contributed by atoms with Crippen LogP contribution in [-0.2, 0) is 11.2 Å². The lowest BCUT2D eigenvalue weighted by Gasteiger charge is -2.04. The van der Waals surface area contributed by atoms with Crippen molar-refractivity contribution < 1.29 is 9.72 Å². The predicted molar refractivity (Wildman–Crippen MR) is 117 cm³/mol. The number of carbonyl (C=O) groups excluding carboxylic acids is 1. The van der Waals surface area contributed by atoms with Gasteiger partial charge in [-0.1, -0.05) is 41.2 Å². The molecule has 10 heteroatoms. The first-order valence-corrected chi connectivity index (χ1v) is 10.2. The maximum Gasteiger partial charge on any atom is 0.275 e. The van der Waals surface area contributed by atoms with Crippen molar-refractivity contribution >= 4 is 39.7 Å². The van der Waals surface area contributed by atoms with Gasteiger partial charge in [0.25, 0.3) is 11.2 Å². The van der Waals surface area contributed by atoms with Crippen molar-refractivity contribution in [1.29, 1.82) is 0 Å². The minimum Gasteiger partial charge on any atom is -0.326 e. The minimum absolute atomic E-state index is 0.0514. The fourth-order valence-corrected chi connectivity index (χ4v) is 3.97. The lowest BCUT2D eigenvalue weighted by Crippen LogP contribution is -2.24. The zero-order chi connectivity index (χ0) is 22.0. The van der Waals surface area contributed by atoms with Crippen molar-refractivity contribution in [2.75, 3.05) is 5.32 Å². The van der Waals surface area contributed by atoms with Gasteiger partial charge in [-0.05, 0) is 30.7 Å². The Hall–Kier alpha value is -3.92. The third-order valence-corrected chi connectivity index (χ3v) is 5.56. The number of aromatic nitrogens is 3. The number of thiazole rings is 1. The number of non-ortho nitro benzene ring substituents is 1. The number of nitro benzene ring substituents is 1. The van der Waals surface area contributed by atoms with Crippen LogP contribution in [0.5, 0.6) is 0 Å². The summed E-state index contributed by atoms with van der Waals surface area (Å²) >= 11 is 1.14. The summed E-state index contributed by atoms with van der Waals surface area (Å²) in [6.45, 7) is 1.97. The van der Waals surface area contributed by atoms with Crippen molar-refractivity contribution in [1.82, 2.24) is 14.6 Å². The van der Waals surface area contributed by atoms with Gasteiger partial charge >= 0.3 is 0 Å². The Labute approximate surface area is 179 Å². The van der Waals surface area contributed by atoms with E-state index in [1.54, 1.807) is 18.2 Å². The van der Waals surface area contributed by atoms with E-state index in [2.05, 4.69) is 15.5 Å². The van der Waals surface area contributed by atoms with E-state index in [1.165, 1.54) is 16.5 Å². The fourth-order valence-electron chi connectivity index (χ4n) is 3.04. The van der Waals surface area contributed by atoms with Gasteiger partial charge in [-0.25, -0.2) is 4.40 Å². The Balaban J connectivity index is 1.54.